The molecule has 1 aromatic heterocycles. The molecule has 18 heavy (non-hydrogen) atoms. The van der Waals surface area contributed by atoms with Crippen LogP contribution >= 0.6 is 0 Å². The van der Waals surface area contributed by atoms with Crippen molar-refractivity contribution in [3.63, 3.8) is 0 Å². The fourth-order valence-corrected chi connectivity index (χ4v) is 1.83. The van der Waals surface area contributed by atoms with Crippen LogP contribution in [0.3, 0.4) is 0 Å². The third-order valence-electron chi connectivity index (χ3n) is 3.04. The Morgan fingerprint density at radius 2 is 2.06 bits per heavy atom. The van der Waals surface area contributed by atoms with Gasteiger partial charge in [-0.3, -0.25) is 9.69 Å². The summed E-state index contributed by atoms with van der Waals surface area (Å²) in [6, 6.07) is 1.22. The summed E-state index contributed by atoms with van der Waals surface area (Å²) in [6.45, 7) is 3.20. The minimum Gasteiger partial charge on any atom is -0.503 e. The Morgan fingerprint density at radius 3 is 2.56 bits per heavy atom. The summed E-state index contributed by atoms with van der Waals surface area (Å²) in [5.41, 5.74) is 0.405. The van der Waals surface area contributed by atoms with Crippen LogP contribution in [0.5, 0.6) is 5.75 Å². The van der Waals surface area contributed by atoms with Gasteiger partial charge in [0.2, 0.25) is 5.43 Å². The highest BCUT2D eigenvalue weighted by Crippen LogP contribution is 2.15. The molecule has 1 aromatic rings. The van der Waals surface area contributed by atoms with E-state index in [1.807, 2.05) is 11.8 Å². The molecular weight excluding hydrogens is 236 g/mol. The van der Waals surface area contributed by atoms with Crippen molar-refractivity contribution in [1.29, 1.82) is 0 Å². The quantitative estimate of drug-likeness (QED) is 0.632. The van der Waals surface area contributed by atoms with Gasteiger partial charge in [0.15, 0.2) is 5.75 Å². The summed E-state index contributed by atoms with van der Waals surface area (Å²) in [4.78, 5) is 13.5. The first-order valence-corrected chi connectivity index (χ1v) is 5.89. The van der Waals surface area contributed by atoms with E-state index in [2.05, 4.69) is 0 Å². The summed E-state index contributed by atoms with van der Waals surface area (Å²) < 4.78 is 1.61. The first kappa shape index (κ1) is 14.7. The molecule has 0 aliphatic carbocycles. The lowest BCUT2D eigenvalue weighted by molar-refractivity contribution is 0.191. The molecule has 0 fully saturated rings. The molecule has 102 valence electrons. The monoisotopic (exact) mass is 256 g/mol. The molecule has 1 heterocycles. The Labute approximate surface area is 106 Å². The number of pyridine rings is 1. The maximum absolute atomic E-state index is 11.6. The van der Waals surface area contributed by atoms with Crippen molar-refractivity contribution in [1.82, 2.24) is 9.47 Å². The fraction of sp³-hybridized carbons (Fsp3) is 0.583. The van der Waals surface area contributed by atoms with Crippen molar-refractivity contribution in [3.8, 4) is 5.75 Å². The molecule has 0 bridgehead atoms. The fourth-order valence-electron chi connectivity index (χ4n) is 1.83. The van der Waals surface area contributed by atoms with Crippen molar-refractivity contribution in [3.05, 3.63) is 27.7 Å². The lowest BCUT2D eigenvalue weighted by atomic mass is 10.2. The average Bonchev–Trinajstić information content (AvgIpc) is 2.37. The molecular formula is C12H20N2O4. The largest absolute Gasteiger partial charge is 0.503 e. The molecule has 0 amide bonds. The van der Waals surface area contributed by atoms with Gasteiger partial charge in [-0.2, -0.15) is 0 Å². The molecule has 0 saturated carbocycles. The first-order valence-electron chi connectivity index (χ1n) is 5.89. The number of nitrogens with zero attached hydrogens (tertiary/aromatic N) is 2. The molecule has 6 heteroatoms. The van der Waals surface area contributed by atoms with Crippen LogP contribution in [0, 0.1) is 0 Å². The molecule has 0 atom stereocenters. The number of hydrogen-bond donors (Lipinski definition) is 3. The highest BCUT2D eigenvalue weighted by molar-refractivity contribution is 5.29. The number of aliphatic hydroxyl groups excluding tert-OH is 2. The number of hydrogen-bond acceptors (Lipinski definition) is 5. The van der Waals surface area contributed by atoms with Crippen LogP contribution < -0.4 is 5.43 Å². The number of aromatic nitrogens is 1. The van der Waals surface area contributed by atoms with Gasteiger partial charge in [0, 0.05) is 31.9 Å². The van der Waals surface area contributed by atoms with Gasteiger partial charge in [0.1, 0.15) is 0 Å². The van der Waals surface area contributed by atoms with Gasteiger partial charge in [0.05, 0.1) is 18.9 Å². The highest BCUT2D eigenvalue weighted by Gasteiger charge is 2.14. The Morgan fingerprint density at radius 1 is 1.39 bits per heavy atom. The van der Waals surface area contributed by atoms with Crippen LogP contribution in [0.2, 0.25) is 0 Å². The summed E-state index contributed by atoms with van der Waals surface area (Å²) in [7, 11) is 1.69. The zero-order chi connectivity index (χ0) is 13.7. The molecule has 0 aliphatic heterocycles. The van der Waals surface area contributed by atoms with Crippen LogP contribution in [0.1, 0.15) is 18.3 Å². The zero-order valence-corrected chi connectivity index (χ0v) is 10.8. The summed E-state index contributed by atoms with van der Waals surface area (Å²) in [5, 5.41) is 27.9. The van der Waals surface area contributed by atoms with E-state index in [-0.39, 0.29) is 19.0 Å². The molecule has 3 N–H and O–H groups in total. The third kappa shape index (κ3) is 3.10. The molecule has 0 aliphatic rings. The lowest BCUT2D eigenvalue weighted by Crippen LogP contribution is -2.29. The third-order valence-corrected chi connectivity index (χ3v) is 3.04. The van der Waals surface area contributed by atoms with Gasteiger partial charge in [-0.25, -0.2) is 0 Å². The Kier molecular flexibility index (Phi) is 5.33. The summed E-state index contributed by atoms with van der Waals surface area (Å²) in [5.74, 6) is -0.300. The van der Waals surface area contributed by atoms with Crippen molar-refractivity contribution in [2.24, 2.45) is 7.05 Å². The topological polar surface area (TPSA) is 85.9 Å². The normalized spacial score (nSPS) is 11.2. The van der Waals surface area contributed by atoms with Gasteiger partial charge in [-0.1, -0.05) is 6.92 Å². The predicted octanol–water partition coefficient (Wildman–Crippen LogP) is -0.603. The first-order chi connectivity index (χ1) is 8.54. The van der Waals surface area contributed by atoms with Gasteiger partial charge >= 0.3 is 0 Å². The molecule has 0 aromatic carbocycles. The number of likely N-dealkylation sites (N-methyl/N-ethyl adjacent to an activating group) is 1. The summed E-state index contributed by atoms with van der Waals surface area (Å²) >= 11 is 0. The van der Waals surface area contributed by atoms with E-state index in [0.717, 1.165) is 0 Å². The number of rotatable bonds is 6. The average molecular weight is 256 g/mol. The molecule has 6 nitrogen and oxygen atoms in total. The van der Waals surface area contributed by atoms with Gasteiger partial charge in [-0.15, -0.1) is 0 Å². The molecule has 0 radical (unpaired) electrons. The van der Waals surface area contributed by atoms with E-state index in [1.165, 1.54) is 6.07 Å². The minimum atomic E-state index is -0.493. The molecule has 0 unspecified atom stereocenters. The van der Waals surface area contributed by atoms with Crippen molar-refractivity contribution in [2.75, 3.05) is 19.7 Å². The van der Waals surface area contributed by atoms with Crippen molar-refractivity contribution < 1.29 is 15.3 Å². The van der Waals surface area contributed by atoms with Crippen LogP contribution in [0.4, 0.5) is 0 Å². The summed E-state index contributed by atoms with van der Waals surface area (Å²) in [6.07, 6.45) is 0. The van der Waals surface area contributed by atoms with E-state index >= 15 is 0 Å². The van der Waals surface area contributed by atoms with E-state index in [9.17, 15) is 9.90 Å². The SMILES string of the molecule is CCN(CCO)Cc1c(O)c(=O)cc(CO)n1C. The minimum absolute atomic E-state index is 0.0161. The molecule has 0 spiro atoms. The zero-order valence-electron chi connectivity index (χ0n) is 10.8. The number of aromatic hydroxyl groups is 1. The van der Waals surface area contributed by atoms with Crippen molar-refractivity contribution in [2.45, 2.75) is 20.1 Å². The van der Waals surface area contributed by atoms with Gasteiger partial charge in [0.25, 0.3) is 0 Å². The maximum atomic E-state index is 11.6. The Bertz CT molecular complexity index is 456. The van der Waals surface area contributed by atoms with Gasteiger partial charge < -0.3 is 19.9 Å². The van der Waals surface area contributed by atoms with Crippen LogP contribution in [-0.4, -0.2) is 44.5 Å². The standard InChI is InChI=1S/C12H20N2O4/c1-3-14(4-5-15)7-10-12(18)11(17)6-9(8-16)13(10)2/h6,15-16,18H,3-5,7-8H2,1-2H3. The van der Waals surface area contributed by atoms with E-state index in [0.29, 0.717) is 31.0 Å². The van der Waals surface area contributed by atoms with Crippen LogP contribution in [-0.2, 0) is 20.2 Å². The second-order valence-corrected chi connectivity index (χ2v) is 4.10. The second kappa shape index (κ2) is 6.53. The predicted molar refractivity (Wildman–Crippen MR) is 67.3 cm³/mol. The smallest absolute Gasteiger partial charge is 0.223 e. The number of aliphatic hydroxyl groups is 2. The van der Waals surface area contributed by atoms with E-state index in [4.69, 9.17) is 10.2 Å². The Balaban J connectivity index is 3.14. The Hall–Kier alpha value is -1.37. The van der Waals surface area contributed by atoms with E-state index in [1.54, 1.807) is 11.6 Å². The molecule has 1 rings (SSSR count). The van der Waals surface area contributed by atoms with Crippen LogP contribution in [0.25, 0.3) is 0 Å². The van der Waals surface area contributed by atoms with Crippen molar-refractivity contribution >= 4 is 0 Å². The molecule has 0 saturated heterocycles. The van der Waals surface area contributed by atoms with Gasteiger partial charge in [-0.05, 0) is 6.54 Å². The highest BCUT2D eigenvalue weighted by atomic mass is 16.3. The second-order valence-electron chi connectivity index (χ2n) is 4.10. The lowest BCUT2D eigenvalue weighted by Gasteiger charge is -2.22. The van der Waals surface area contributed by atoms with Crippen LogP contribution in [0.15, 0.2) is 10.9 Å². The van der Waals surface area contributed by atoms with E-state index < -0.39 is 5.43 Å². The maximum Gasteiger partial charge on any atom is 0.223 e.